The second-order valence-corrected chi connectivity index (χ2v) is 5.19. The van der Waals surface area contributed by atoms with Gasteiger partial charge in [0.05, 0.1) is 19.3 Å². The number of nitrogens with one attached hydrogen (secondary N) is 1. The van der Waals surface area contributed by atoms with Gasteiger partial charge in [0.25, 0.3) is 0 Å². The van der Waals surface area contributed by atoms with Gasteiger partial charge >= 0.3 is 5.97 Å². The lowest BCUT2D eigenvalue weighted by Gasteiger charge is -2.07. The lowest BCUT2D eigenvalue weighted by atomic mass is 10.3. The number of thiazole rings is 1. The molecule has 2 N–H and O–H groups in total. The van der Waals surface area contributed by atoms with Crippen LogP contribution < -0.4 is 14.8 Å². The van der Waals surface area contributed by atoms with Gasteiger partial charge in [-0.3, -0.25) is 0 Å². The number of nitrogens with zero attached hydrogens (tertiary/aromatic N) is 1. The Morgan fingerprint density at radius 1 is 1.33 bits per heavy atom. The Hall–Kier alpha value is -2.28. The summed E-state index contributed by atoms with van der Waals surface area (Å²) in [6, 6.07) is 7.31. The zero-order valence-electron chi connectivity index (χ0n) is 11.8. The molecule has 1 aromatic heterocycles. The van der Waals surface area contributed by atoms with Crippen LogP contribution in [0.15, 0.2) is 24.3 Å². The van der Waals surface area contributed by atoms with Crippen LogP contribution >= 0.6 is 11.3 Å². The van der Waals surface area contributed by atoms with Gasteiger partial charge in [0, 0.05) is 0 Å². The van der Waals surface area contributed by atoms with E-state index in [0.29, 0.717) is 24.0 Å². The molecule has 0 radical (unpaired) electrons. The summed E-state index contributed by atoms with van der Waals surface area (Å²) in [7, 11) is 1.61. The van der Waals surface area contributed by atoms with E-state index in [2.05, 4.69) is 10.3 Å². The van der Waals surface area contributed by atoms with Crippen molar-refractivity contribution in [2.45, 2.75) is 6.92 Å². The molecule has 0 spiro atoms. The minimum absolute atomic E-state index is 0.258. The number of carboxylic acids is 1. The summed E-state index contributed by atoms with van der Waals surface area (Å²) in [5.74, 6) is 0.576. The fourth-order valence-electron chi connectivity index (χ4n) is 1.67. The van der Waals surface area contributed by atoms with Gasteiger partial charge in [0.2, 0.25) is 0 Å². The lowest BCUT2D eigenvalue weighted by molar-refractivity contribution is 0.0701. The molecule has 0 aliphatic carbocycles. The molecule has 0 amide bonds. The number of aromatic carboxylic acids is 1. The highest BCUT2D eigenvalue weighted by Gasteiger charge is 2.13. The molecule has 2 aromatic rings. The summed E-state index contributed by atoms with van der Waals surface area (Å²) in [6.45, 7) is 2.67. The SMILES string of the molecule is COc1ccc(OCCNc2nc(C)c(C(=O)O)s2)cc1. The first-order valence-corrected chi connectivity index (χ1v) is 7.13. The number of methoxy groups -OCH3 is 1. The van der Waals surface area contributed by atoms with Crippen LogP contribution in [0, 0.1) is 6.92 Å². The first kappa shape index (κ1) is 15.1. The Bertz CT molecular complexity index is 610. The maximum atomic E-state index is 10.9. The molecule has 0 aliphatic heterocycles. The Morgan fingerprint density at radius 2 is 2.00 bits per heavy atom. The van der Waals surface area contributed by atoms with Gasteiger partial charge in [-0.15, -0.1) is 0 Å². The minimum atomic E-state index is -0.951. The Balaban J connectivity index is 1.79. The van der Waals surface area contributed by atoms with Gasteiger partial charge in [-0.1, -0.05) is 11.3 Å². The van der Waals surface area contributed by atoms with Crippen molar-refractivity contribution in [3.8, 4) is 11.5 Å². The van der Waals surface area contributed by atoms with E-state index in [1.165, 1.54) is 0 Å². The number of aryl methyl sites for hydroxylation is 1. The van der Waals surface area contributed by atoms with E-state index < -0.39 is 5.97 Å². The van der Waals surface area contributed by atoms with Crippen molar-refractivity contribution in [1.82, 2.24) is 4.98 Å². The second-order valence-electron chi connectivity index (χ2n) is 4.19. The third-order valence-corrected chi connectivity index (χ3v) is 3.80. The van der Waals surface area contributed by atoms with Crippen molar-refractivity contribution in [2.75, 3.05) is 25.6 Å². The smallest absolute Gasteiger partial charge is 0.347 e. The number of benzene rings is 1. The Morgan fingerprint density at radius 3 is 2.57 bits per heavy atom. The normalized spacial score (nSPS) is 10.2. The molecule has 0 unspecified atom stereocenters. The summed E-state index contributed by atoms with van der Waals surface area (Å²) < 4.78 is 10.6. The van der Waals surface area contributed by atoms with E-state index in [1.807, 2.05) is 24.3 Å². The van der Waals surface area contributed by atoms with Crippen LogP contribution in [0.2, 0.25) is 0 Å². The van der Waals surface area contributed by atoms with E-state index in [0.717, 1.165) is 22.8 Å². The first-order valence-electron chi connectivity index (χ1n) is 6.31. The number of hydrogen-bond acceptors (Lipinski definition) is 6. The van der Waals surface area contributed by atoms with E-state index in [1.54, 1.807) is 14.0 Å². The molecule has 0 saturated heterocycles. The summed E-state index contributed by atoms with van der Waals surface area (Å²) in [4.78, 5) is 15.3. The number of aromatic nitrogens is 1. The van der Waals surface area contributed by atoms with Crippen LogP contribution in [0.5, 0.6) is 11.5 Å². The molecule has 0 aliphatic rings. The number of anilines is 1. The molecule has 0 bridgehead atoms. The molecule has 1 heterocycles. The number of hydrogen-bond donors (Lipinski definition) is 2. The molecular formula is C14H16N2O4S. The van der Waals surface area contributed by atoms with Gasteiger partial charge in [-0.2, -0.15) is 0 Å². The van der Waals surface area contributed by atoms with Crippen molar-refractivity contribution in [3.05, 3.63) is 34.8 Å². The molecule has 21 heavy (non-hydrogen) atoms. The number of rotatable bonds is 7. The second kappa shape index (κ2) is 6.94. The average molecular weight is 308 g/mol. The van der Waals surface area contributed by atoms with Crippen LogP contribution in [0.3, 0.4) is 0 Å². The zero-order valence-corrected chi connectivity index (χ0v) is 12.6. The summed E-state index contributed by atoms with van der Waals surface area (Å²) in [5, 5.41) is 12.6. The largest absolute Gasteiger partial charge is 0.497 e. The van der Waals surface area contributed by atoms with Crippen molar-refractivity contribution in [2.24, 2.45) is 0 Å². The highest BCUT2D eigenvalue weighted by molar-refractivity contribution is 7.17. The minimum Gasteiger partial charge on any atom is -0.497 e. The molecule has 0 atom stereocenters. The molecule has 112 valence electrons. The Kier molecular flexibility index (Phi) is 4.99. The van der Waals surface area contributed by atoms with Crippen LogP contribution in [0.4, 0.5) is 5.13 Å². The maximum absolute atomic E-state index is 10.9. The van der Waals surface area contributed by atoms with Gasteiger partial charge < -0.3 is 19.9 Å². The van der Waals surface area contributed by atoms with Crippen molar-refractivity contribution in [3.63, 3.8) is 0 Å². The number of ether oxygens (including phenoxy) is 2. The summed E-state index contributed by atoms with van der Waals surface area (Å²) >= 11 is 1.12. The van der Waals surface area contributed by atoms with Crippen molar-refractivity contribution < 1.29 is 19.4 Å². The monoisotopic (exact) mass is 308 g/mol. The third-order valence-electron chi connectivity index (χ3n) is 2.70. The van der Waals surface area contributed by atoms with Crippen LogP contribution in [0.1, 0.15) is 15.4 Å². The topological polar surface area (TPSA) is 80.7 Å². The quantitative estimate of drug-likeness (QED) is 0.765. The molecule has 0 saturated carbocycles. The molecule has 0 fully saturated rings. The van der Waals surface area contributed by atoms with E-state index in [-0.39, 0.29) is 4.88 Å². The highest BCUT2D eigenvalue weighted by Crippen LogP contribution is 2.22. The molecule has 7 heteroatoms. The van der Waals surface area contributed by atoms with Crippen molar-refractivity contribution >= 4 is 22.4 Å². The number of carbonyl (C=O) groups is 1. The van der Waals surface area contributed by atoms with Gasteiger partial charge in [0.1, 0.15) is 23.0 Å². The van der Waals surface area contributed by atoms with Crippen LogP contribution in [-0.4, -0.2) is 36.3 Å². The average Bonchev–Trinajstić information content (AvgIpc) is 2.85. The standard InChI is InChI=1S/C14H16N2O4S/c1-9-12(13(17)18)21-14(16-9)15-7-8-20-11-5-3-10(19-2)4-6-11/h3-6H,7-8H2,1-2H3,(H,15,16)(H,17,18). The first-order chi connectivity index (χ1) is 10.1. The van der Waals surface area contributed by atoms with Gasteiger partial charge in [-0.05, 0) is 31.2 Å². The summed E-state index contributed by atoms with van der Waals surface area (Å²) in [5.41, 5.74) is 0.520. The van der Waals surface area contributed by atoms with Crippen molar-refractivity contribution in [1.29, 1.82) is 0 Å². The molecule has 2 rings (SSSR count). The predicted molar refractivity (Wildman–Crippen MR) is 80.8 cm³/mol. The van der Waals surface area contributed by atoms with E-state index >= 15 is 0 Å². The fraction of sp³-hybridized carbons (Fsp3) is 0.286. The molecular weight excluding hydrogens is 292 g/mol. The summed E-state index contributed by atoms with van der Waals surface area (Å²) in [6.07, 6.45) is 0. The van der Waals surface area contributed by atoms with E-state index in [9.17, 15) is 4.79 Å². The molecule has 1 aromatic carbocycles. The van der Waals surface area contributed by atoms with Gasteiger partial charge in [-0.25, -0.2) is 9.78 Å². The van der Waals surface area contributed by atoms with E-state index in [4.69, 9.17) is 14.6 Å². The van der Waals surface area contributed by atoms with Crippen LogP contribution in [-0.2, 0) is 0 Å². The Labute approximate surface area is 126 Å². The highest BCUT2D eigenvalue weighted by atomic mass is 32.1. The zero-order chi connectivity index (χ0) is 15.2. The lowest BCUT2D eigenvalue weighted by Crippen LogP contribution is -2.11. The third kappa shape index (κ3) is 4.09. The maximum Gasteiger partial charge on any atom is 0.347 e. The van der Waals surface area contributed by atoms with Gasteiger partial charge in [0.15, 0.2) is 5.13 Å². The fourth-order valence-corrected chi connectivity index (χ4v) is 2.50. The predicted octanol–water partition coefficient (Wildman–Crippen LogP) is 2.65. The molecule has 6 nitrogen and oxygen atoms in total. The van der Waals surface area contributed by atoms with Crippen LogP contribution in [0.25, 0.3) is 0 Å². The number of carboxylic acid groups (broad SMARTS) is 1.